The van der Waals surface area contributed by atoms with E-state index in [1.165, 1.54) is 36.5 Å². The smallest absolute Gasteiger partial charge is 0.269 e. The number of hydrogen-bond acceptors (Lipinski definition) is 6. The summed E-state index contributed by atoms with van der Waals surface area (Å²) in [6.45, 7) is 0. The van der Waals surface area contributed by atoms with Gasteiger partial charge in [0, 0.05) is 17.7 Å². The third-order valence-electron chi connectivity index (χ3n) is 2.52. The van der Waals surface area contributed by atoms with Gasteiger partial charge in [0.25, 0.3) is 5.69 Å². The highest BCUT2D eigenvalue weighted by Crippen LogP contribution is 2.26. The fourth-order valence-electron chi connectivity index (χ4n) is 1.49. The maximum absolute atomic E-state index is 10.5. The number of nitrogens with one attached hydrogen (secondary N) is 1. The molecule has 0 fully saturated rings. The molecule has 3 N–H and O–H groups in total. The zero-order valence-electron chi connectivity index (χ0n) is 10.2. The number of phenolic OH excluding ortho intramolecular Hbond substituents is 2. The predicted molar refractivity (Wildman–Crippen MR) is 74.1 cm³/mol. The van der Waals surface area contributed by atoms with Crippen molar-refractivity contribution in [3.05, 3.63) is 58.1 Å². The maximum atomic E-state index is 10.5. The molecule has 0 saturated heterocycles. The van der Waals surface area contributed by atoms with E-state index < -0.39 is 4.92 Å². The summed E-state index contributed by atoms with van der Waals surface area (Å²) in [5.41, 5.74) is 3.56. The Morgan fingerprint density at radius 2 is 1.85 bits per heavy atom. The zero-order valence-corrected chi connectivity index (χ0v) is 10.2. The quantitative estimate of drug-likeness (QED) is 0.343. The van der Waals surface area contributed by atoms with Crippen LogP contribution in [0.3, 0.4) is 0 Å². The second-order valence-electron chi connectivity index (χ2n) is 3.89. The average Bonchev–Trinajstić information content (AvgIpc) is 2.44. The predicted octanol–water partition coefficient (Wildman–Crippen LogP) is 2.45. The minimum absolute atomic E-state index is 0.00912. The van der Waals surface area contributed by atoms with E-state index in [2.05, 4.69) is 10.5 Å². The van der Waals surface area contributed by atoms with Gasteiger partial charge in [-0.2, -0.15) is 5.10 Å². The van der Waals surface area contributed by atoms with Gasteiger partial charge in [0.2, 0.25) is 0 Å². The summed E-state index contributed by atoms with van der Waals surface area (Å²) in [7, 11) is 0. The minimum Gasteiger partial charge on any atom is -0.504 e. The molecular formula is C13H11N3O4. The normalized spacial score (nSPS) is 10.6. The molecule has 0 amide bonds. The van der Waals surface area contributed by atoms with Crippen LogP contribution < -0.4 is 5.43 Å². The summed E-state index contributed by atoms with van der Waals surface area (Å²) in [4.78, 5) is 10.00. The van der Waals surface area contributed by atoms with Gasteiger partial charge in [-0.05, 0) is 24.3 Å². The van der Waals surface area contributed by atoms with E-state index in [0.29, 0.717) is 11.3 Å². The molecular weight excluding hydrogens is 262 g/mol. The van der Waals surface area contributed by atoms with E-state index in [0.717, 1.165) is 0 Å². The van der Waals surface area contributed by atoms with Crippen LogP contribution in [0.5, 0.6) is 11.5 Å². The van der Waals surface area contributed by atoms with Crippen LogP contribution in [0.25, 0.3) is 0 Å². The van der Waals surface area contributed by atoms with Crippen molar-refractivity contribution in [2.24, 2.45) is 5.10 Å². The molecule has 0 atom stereocenters. The SMILES string of the molecule is O=[N+]([O-])c1ccc(N/N=C/c2cccc(O)c2O)cc1. The molecule has 0 radical (unpaired) electrons. The molecule has 0 aliphatic rings. The van der Waals surface area contributed by atoms with Gasteiger partial charge in [-0.1, -0.05) is 6.07 Å². The van der Waals surface area contributed by atoms with Gasteiger partial charge in [-0.25, -0.2) is 0 Å². The van der Waals surface area contributed by atoms with E-state index in [4.69, 9.17) is 0 Å². The standard InChI is InChI=1S/C13H11N3O4/c17-12-3-1-2-9(13(12)18)8-14-15-10-4-6-11(7-5-10)16(19)20/h1-8,15,17-18H/b14-8+. The lowest BCUT2D eigenvalue weighted by Crippen LogP contribution is -1.92. The van der Waals surface area contributed by atoms with E-state index >= 15 is 0 Å². The molecule has 102 valence electrons. The van der Waals surface area contributed by atoms with Crippen molar-refractivity contribution in [2.75, 3.05) is 5.43 Å². The highest BCUT2D eigenvalue weighted by molar-refractivity contribution is 5.85. The number of aromatic hydroxyl groups is 2. The van der Waals surface area contributed by atoms with Gasteiger partial charge in [0.15, 0.2) is 11.5 Å². The summed E-state index contributed by atoms with van der Waals surface area (Å²) in [5.74, 6) is -0.494. The van der Waals surface area contributed by atoms with E-state index in [1.54, 1.807) is 12.1 Å². The Balaban J connectivity index is 2.06. The number of non-ortho nitro benzene ring substituents is 1. The van der Waals surface area contributed by atoms with Gasteiger partial charge >= 0.3 is 0 Å². The minimum atomic E-state index is -0.488. The van der Waals surface area contributed by atoms with Gasteiger partial charge in [-0.15, -0.1) is 0 Å². The number of rotatable bonds is 4. The molecule has 20 heavy (non-hydrogen) atoms. The molecule has 0 unspecified atom stereocenters. The first-order valence-electron chi connectivity index (χ1n) is 5.62. The number of para-hydroxylation sites is 1. The Bertz CT molecular complexity index is 653. The first kappa shape index (κ1) is 13.3. The van der Waals surface area contributed by atoms with Gasteiger partial charge in [-0.3, -0.25) is 15.5 Å². The highest BCUT2D eigenvalue weighted by atomic mass is 16.6. The third-order valence-corrected chi connectivity index (χ3v) is 2.52. The van der Waals surface area contributed by atoms with E-state index in [9.17, 15) is 20.3 Å². The zero-order chi connectivity index (χ0) is 14.5. The third kappa shape index (κ3) is 3.02. The monoisotopic (exact) mass is 273 g/mol. The van der Waals surface area contributed by atoms with Crippen LogP contribution in [0, 0.1) is 10.1 Å². The molecule has 0 saturated carbocycles. The van der Waals surface area contributed by atoms with Crippen molar-refractivity contribution in [3.8, 4) is 11.5 Å². The number of benzene rings is 2. The van der Waals surface area contributed by atoms with Crippen molar-refractivity contribution in [3.63, 3.8) is 0 Å². The molecule has 2 rings (SSSR count). The van der Waals surface area contributed by atoms with Crippen molar-refractivity contribution in [1.29, 1.82) is 0 Å². The first-order valence-corrected chi connectivity index (χ1v) is 5.62. The van der Waals surface area contributed by atoms with Crippen LogP contribution in [-0.4, -0.2) is 21.4 Å². The number of phenols is 2. The number of nitrogens with zero attached hydrogens (tertiary/aromatic N) is 2. The number of anilines is 1. The number of hydrogen-bond donors (Lipinski definition) is 3. The van der Waals surface area contributed by atoms with E-state index in [-0.39, 0.29) is 17.2 Å². The molecule has 0 bridgehead atoms. The Morgan fingerprint density at radius 1 is 1.15 bits per heavy atom. The van der Waals surface area contributed by atoms with Crippen LogP contribution >= 0.6 is 0 Å². The lowest BCUT2D eigenvalue weighted by Gasteiger charge is -2.02. The summed E-state index contributed by atoms with van der Waals surface area (Å²) >= 11 is 0. The molecule has 0 spiro atoms. The lowest BCUT2D eigenvalue weighted by atomic mass is 10.2. The molecule has 0 aromatic heterocycles. The molecule has 0 aliphatic heterocycles. The van der Waals surface area contributed by atoms with Gasteiger partial charge < -0.3 is 10.2 Å². The Labute approximate surface area is 114 Å². The lowest BCUT2D eigenvalue weighted by molar-refractivity contribution is -0.384. The number of nitro benzene ring substituents is 1. The summed E-state index contributed by atoms with van der Waals surface area (Å²) < 4.78 is 0. The molecule has 7 heteroatoms. The summed E-state index contributed by atoms with van der Waals surface area (Å²) in [6, 6.07) is 10.2. The molecule has 0 aliphatic carbocycles. The van der Waals surface area contributed by atoms with Crippen LogP contribution in [0.1, 0.15) is 5.56 Å². The van der Waals surface area contributed by atoms with Crippen molar-refractivity contribution in [2.45, 2.75) is 0 Å². The van der Waals surface area contributed by atoms with Crippen molar-refractivity contribution < 1.29 is 15.1 Å². The molecule has 2 aromatic rings. The Hall–Kier alpha value is -3.09. The summed E-state index contributed by atoms with van der Waals surface area (Å²) in [5, 5.41) is 33.2. The van der Waals surface area contributed by atoms with Crippen LogP contribution in [0.15, 0.2) is 47.6 Å². The van der Waals surface area contributed by atoms with Gasteiger partial charge in [0.05, 0.1) is 16.8 Å². The van der Waals surface area contributed by atoms with Crippen LogP contribution in [-0.2, 0) is 0 Å². The fraction of sp³-hybridized carbons (Fsp3) is 0. The van der Waals surface area contributed by atoms with Crippen LogP contribution in [0.4, 0.5) is 11.4 Å². The highest BCUT2D eigenvalue weighted by Gasteiger charge is 2.04. The molecule has 7 nitrogen and oxygen atoms in total. The van der Waals surface area contributed by atoms with Crippen molar-refractivity contribution >= 4 is 17.6 Å². The second-order valence-corrected chi connectivity index (χ2v) is 3.89. The second kappa shape index (κ2) is 5.70. The largest absolute Gasteiger partial charge is 0.504 e. The Kier molecular flexibility index (Phi) is 3.80. The average molecular weight is 273 g/mol. The van der Waals surface area contributed by atoms with Gasteiger partial charge in [0.1, 0.15) is 0 Å². The Morgan fingerprint density at radius 3 is 2.50 bits per heavy atom. The topological polar surface area (TPSA) is 108 Å². The first-order chi connectivity index (χ1) is 9.58. The van der Waals surface area contributed by atoms with Crippen molar-refractivity contribution in [1.82, 2.24) is 0 Å². The maximum Gasteiger partial charge on any atom is 0.269 e. The fourth-order valence-corrected chi connectivity index (χ4v) is 1.49. The molecule has 0 heterocycles. The number of hydrazone groups is 1. The van der Waals surface area contributed by atoms with Crippen LogP contribution in [0.2, 0.25) is 0 Å². The van der Waals surface area contributed by atoms with E-state index in [1.807, 2.05) is 0 Å². The summed E-state index contributed by atoms with van der Waals surface area (Å²) in [6.07, 6.45) is 1.33. The number of nitro groups is 1. The molecule has 2 aromatic carbocycles.